The Balaban J connectivity index is 1.72. The molecule has 1 heterocycles. The van der Waals surface area contributed by atoms with Gasteiger partial charge in [-0.15, -0.1) is 0 Å². The van der Waals surface area contributed by atoms with Crippen LogP contribution in [-0.4, -0.2) is 27.4 Å². The Hall–Kier alpha value is -2.04. The van der Waals surface area contributed by atoms with Crippen molar-refractivity contribution >= 4 is 22.6 Å². The zero-order chi connectivity index (χ0) is 18.0. The van der Waals surface area contributed by atoms with Crippen LogP contribution >= 0.6 is 11.6 Å². The fraction of sp³-hybridized carbons (Fsp3) is 0.350. The minimum atomic E-state index is -0.626. The van der Waals surface area contributed by atoms with E-state index < -0.39 is 6.10 Å². The zero-order valence-corrected chi connectivity index (χ0v) is 15.5. The van der Waals surface area contributed by atoms with E-state index in [1.54, 1.807) is 0 Å². The molecule has 0 fully saturated rings. The quantitative estimate of drug-likeness (QED) is 0.714. The maximum absolute atomic E-state index is 10.5. The van der Waals surface area contributed by atoms with E-state index in [0.717, 1.165) is 45.2 Å². The van der Waals surface area contributed by atoms with Crippen LogP contribution in [0.2, 0.25) is 5.02 Å². The van der Waals surface area contributed by atoms with Crippen LogP contribution in [0.25, 0.3) is 11.0 Å². The molecule has 25 heavy (non-hydrogen) atoms. The summed E-state index contributed by atoms with van der Waals surface area (Å²) in [6.45, 7) is 6.64. The Morgan fingerprint density at radius 3 is 2.56 bits per heavy atom. The number of hydrogen-bond acceptors (Lipinski definition) is 3. The first-order valence-corrected chi connectivity index (χ1v) is 8.89. The number of para-hydroxylation sites is 2. The van der Waals surface area contributed by atoms with Crippen LogP contribution in [0.4, 0.5) is 0 Å². The van der Waals surface area contributed by atoms with E-state index in [0.29, 0.717) is 6.54 Å². The van der Waals surface area contributed by atoms with Crippen molar-refractivity contribution in [3.8, 4) is 5.75 Å². The molecule has 1 atom stereocenters. The lowest BCUT2D eigenvalue weighted by atomic mass is 10.1. The summed E-state index contributed by atoms with van der Waals surface area (Å²) in [5.74, 6) is 1.70. The van der Waals surface area contributed by atoms with Crippen molar-refractivity contribution in [2.24, 2.45) is 0 Å². The average Bonchev–Trinajstić information content (AvgIpc) is 2.95. The number of imidazole rings is 1. The number of aromatic nitrogens is 2. The Morgan fingerprint density at radius 2 is 1.88 bits per heavy atom. The SMILES string of the molecule is CCc1nc2ccccc2n1C[C@H](O)COc1cc(C)c(Cl)c(C)c1. The summed E-state index contributed by atoms with van der Waals surface area (Å²) < 4.78 is 7.85. The van der Waals surface area contributed by atoms with Gasteiger partial charge in [-0.05, 0) is 49.2 Å². The number of hydrogen-bond donors (Lipinski definition) is 1. The first-order valence-electron chi connectivity index (χ1n) is 8.51. The molecule has 0 aliphatic heterocycles. The number of aliphatic hydroxyl groups is 1. The summed E-state index contributed by atoms with van der Waals surface area (Å²) in [5, 5.41) is 11.2. The van der Waals surface area contributed by atoms with Gasteiger partial charge < -0.3 is 14.4 Å². The van der Waals surface area contributed by atoms with Gasteiger partial charge in [-0.3, -0.25) is 0 Å². The molecule has 0 saturated carbocycles. The van der Waals surface area contributed by atoms with Crippen molar-refractivity contribution in [1.29, 1.82) is 0 Å². The maximum Gasteiger partial charge on any atom is 0.120 e. The molecule has 3 rings (SSSR count). The summed E-state index contributed by atoms with van der Waals surface area (Å²) in [7, 11) is 0. The van der Waals surface area contributed by atoms with Gasteiger partial charge in [0.1, 0.15) is 24.3 Å². The van der Waals surface area contributed by atoms with E-state index in [1.807, 2.05) is 50.2 Å². The van der Waals surface area contributed by atoms with E-state index in [9.17, 15) is 5.11 Å². The Bertz CT molecular complexity index is 866. The topological polar surface area (TPSA) is 47.3 Å². The second-order valence-electron chi connectivity index (χ2n) is 6.32. The molecule has 0 bridgehead atoms. The fourth-order valence-electron chi connectivity index (χ4n) is 3.04. The van der Waals surface area contributed by atoms with Crippen molar-refractivity contribution in [2.75, 3.05) is 6.61 Å². The van der Waals surface area contributed by atoms with E-state index in [-0.39, 0.29) is 6.61 Å². The summed E-state index contributed by atoms with van der Waals surface area (Å²) in [4.78, 5) is 4.63. The predicted octanol–water partition coefficient (Wildman–Crippen LogP) is 4.31. The highest BCUT2D eigenvalue weighted by Gasteiger charge is 2.14. The fourth-order valence-corrected chi connectivity index (χ4v) is 3.15. The Morgan fingerprint density at radius 1 is 1.20 bits per heavy atom. The molecule has 2 aromatic carbocycles. The number of benzene rings is 2. The van der Waals surface area contributed by atoms with Gasteiger partial charge in [0.15, 0.2) is 0 Å². The summed E-state index contributed by atoms with van der Waals surface area (Å²) in [6.07, 6.45) is 0.192. The summed E-state index contributed by atoms with van der Waals surface area (Å²) in [6, 6.07) is 11.8. The monoisotopic (exact) mass is 358 g/mol. The van der Waals surface area contributed by atoms with Crippen LogP contribution in [-0.2, 0) is 13.0 Å². The highest BCUT2D eigenvalue weighted by Crippen LogP contribution is 2.26. The molecule has 3 aromatic rings. The van der Waals surface area contributed by atoms with Gasteiger partial charge in [0.2, 0.25) is 0 Å². The molecule has 4 nitrogen and oxygen atoms in total. The summed E-state index contributed by atoms with van der Waals surface area (Å²) >= 11 is 6.18. The van der Waals surface area contributed by atoms with Crippen molar-refractivity contribution in [3.05, 3.63) is 58.4 Å². The Kier molecular flexibility index (Phi) is 5.30. The van der Waals surface area contributed by atoms with Gasteiger partial charge in [-0.25, -0.2) is 4.98 Å². The second kappa shape index (κ2) is 7.46. The van der Waals surface area contributed by atoms with E-state index in [4.69, 9.17) is 16.3 Å². The molecule has 0 unspecified atom stereocenters. The third kappa shape index (κ3) is 3.80. The molecule has 5 heteroatoms. The minimum absolute atomic E-state index is 0.218. The van der Waals surface area contributed by atoms with Gasteiger partial charge >= 0.3 is 0 Å². The van der Waals surface area contributed by atoms with Crippen LogP contribution in [0.1, 0.15) is 23.9 Å². The molecule has 0 spiro atoms. The van der Waals surface area contributed by atoms with Gasteiger partial charge in [-0.2, -0.15) is 0 Å². The molecular formula is C20H23ClN2O2. The van der Waals surface area contributed by atoms with Gasteiger partial charge in [-0.1, -0.05) is 30.7 Å². The Labute approximate surface area is 153 Å². The molecule has 0 radical (unpaired) electrons. The van der Waals surface area contributed by atoms with Gasteiger partial charge in [0.25, 0.3) is 0 Å². The van der Waals surface area contributed by atoms with Crippen LogP contribution in [0.3, 0.4) is 0 Å². The molecule has 0 aliphatic carbocycles. The third-order valence-electron chi connectivity index (χ3n) is 4.30. The van der Waals surface area contributed by atoms with Crippen molar-refractivity contribution in [3.63, 3.8) is 0 Å². The van der Waals surface area contributed by atoms with Crippen molar-refractivity contribution in [2.45, 2.75) is 39.8 Å². The van der Waals surface area contributed by atoms with Crippen LogP contribution in [0.15, 0.2) is 36.4 Å². The molecule has 0 aliphatic rings. The lowest BCUT2D eigenvalue weighted by Crippen LogP contribution is -2.24. The van der Waals surface area contributed by atoms with Crippen LogP contribution < -0.4 is 4.74 Å². The number of halogens is 1. The molecule has 0 saturated heterocycles. The normalized spacial score (nSPS) is 12.5. The third-order valence-corrected chi connectivity index (χ3v) is 4.89. The summed E-state index contributed by atoms with van der Waals surface area (Å²) in [5.41, 5.74) is 3.94. The van der Waals surface area contributed by atoms with E-state index >= 15 is 0 Å². The first kappa shape index (κ1) is 17.8. The first-order chi connectivity index (χ1) is 12.0. The highest BCUT2D eigenvalue weighted by atomic mass is 35.5. The van der Waals surface area contributed by atoms with Crippen LogP contribution in [0.5, 0.6) is 5.75 Å². The minimum Gasteiger partial charge on any atom is -0.491 e. The second-order valence-corrected chi connectivity index (χ2v) is 6.69. The number of rotatable bonds is 6. The molecule has 1 N–H and O–H groups in total. The molecular weight excluding hydrogens is 336 g/mol. The molecule has 0 amide bonds. The molecule has 132 valence electrons. The van der Waals surface area contributed by atoms with Crippen LogP contribution in [0, 0.1) is 13.8 Å². The van der Waals surface area contributed by atoms with Gasteiger partial charge in [0.05, 0.1) is 17.6 Å². The van der Waals surface area contributed by atoms with Crippen molar-refractivity contribution in [1.82, 2.24) is 9.55 Å². The average molecular weight is 359 g/mol. The standard InChI is InChI=1S/C20H23ClN2O2/c1-4-19-22-17-7-5-6-8-18(17)23(19)11-15(24)12-25-16-9-13(2)20(21)14(3)10-16/h5-10,15,24H,4,11-12H2,1-3H3/t15-/m0/s1. The lowest BCUT2D eigenvalue weighted by molar-refractivity contribution is 0.0927. The number of aryl methyl sites for hydroxylation is 3. The molecule has 1 aromatic heterocycles. The van der Waals surface area contributed by atoms with E-state index in [1.165, 1.54) is 0 Å². The van der Waals surface area contributed by atoms with Gasteiger partial charge in [0, 0.05) is 11.4 Å². The number of fused-ring (bicyclic) bond motifs is 1. The number of nitrogens with zero attached hydrogens (tertiary/aromatic N) is 2. The smallest absolute Gasteiger partial charge is 0.120 e. The highest BCUT2D eigenvalue weighted by molar-refractivity contribution is 6.32. The maximum atomic E-state index is 10.5. The van der Waals surface area contributed by atoms with E-state index in [2.05, 4.69) is 16.5 Å². The number of aliphatic hydroxyl groups excluding tert-OH is 1. The lowest BCUT2D eigenvalue weighted by Gasteiger charge is -2.16. The largest absolute Gasteiger partial charge is 0.491 e. The van der Waals surface area contributed by atoms with Crippen molar-refractivity contribution < 1.29 is 9.84 Å². The predicted molar refractivity (Wildman–Crippen MR) is 102 cm³/mol. The number of ether oxygens (including phenoxy) is 1. The zero-order valence-electron chi connectivity index (χ0n) is 14.8.